The van der Waals surface area contributed by atoms with Crippen molar-refractivity contribution in [1.82, 2.24) is 0 Å². The Kier molecular flexibility index (Phi) is 5.85. The molecular weight excluding hydrogens is 312 g/mol. The largest absolute Gasteiger partial charge is 0.457 e. The monoisotopic (exact) mass is 336 g/mol. The van der Waals surface area contributed by atoms with Crippen LogP contribution >= 0.6 is 11.6 Å². The zero-order chi connectivity index (χ0) is 17.0. The summed E-state index contributed by atoms with van der Waals surface area (Å²) in [6.07, 6.45) is 3.80. The van der Waals surface area contributed by atoms with Gasteiger partial charge in [-0.15, -0.1) is 0 Å². The summed E-state index contributed by atoms with van der Waals surface area (Å²) in [5, 5.41) is 0.502. The molecule has 0 radical (unpaired) electrons. The van der Waals surface area contributed by atoms with E-state index < -0.39 is 0 Å². The first-order valence-corrected chi connectivity index (χ1v) is 8.60. The quantitative estimate of drug-likeness (QED) is 0.579. The Morgan fingerprint density at radius 3 is 2.39 bits per heavy atom. The van der Waals surface area contributed by atoms with Gasteiger partial charge in [-0.3, -0.25) is 9.59 Å². The minimum Gasteiger partial charge on any atom is -0.457 e. The fourth-order valence-electron chi connectivity index (χ4n) is 3.19. The normalized spacial score (nSPS) is 21.7. The van der Waals surface area contributed by atoms with Gasteiger partial charge in [0.15, 0.2) is 12.4 Å². The molecule has 4 heteroatoms. The predicted molar refractivity (Wildman–Crippen MR) is 91.6 cm³/mol. The number of rotatable bonds is 4. The highest BCUT2D eigenvalue weighted by atomic mass is 35.5. The van der Waals surface area contributed by atoms with Crippen molar-refractivity contribution in [3.63, 3.8) is 0 Å². The predicted octanol–water partition coefficient (Wildman–Crippen LogP) is 4.92. The smallest absolute Gasteiger partial charge is 0.309 e. The van der Waals surface area contributed by atoms with E-state index in [1.165, 1.54) is 0 Å². The zero-order valence-corrected chi connectivity index (χ0v) is 14.9. The van der Waals surface area contributed by atoms with Crippen LogP contribution in [0.25, 0.3) is 0 Å². The number of carbonyl (C=O) groups is 2. The van der Waals surface area contributed by atoms with E-state index in [2.05, 4.69) is 20.8 Å². The highest BCUT2D eigenvalue weighted by Gasteiger charge is 2.33. The number of esters is 1. The second-order valence-corrected chi connectivity index (χ2v) is 7.89. The van der Waals surface area contributed by atoms with Crippen molar-refractivity contribution in [1.29, 1.82) is 0 Å². The van der Waals surface area contributed by atoms with E-state index in [-0.39, 0.29) is 29.7 Å². The van der Waals surface area contributed by atoms with E-state index >= 15 is 0 Å². The number of Topliss-reactive ketones (excluding diaryl/α,β-unsaturated/α-hetero) is 1. The zero-order valence-electron chi connectivity index (χ0n) is 14.1. The molecule has 126 valence electrons. The van der Waals surface area contributed by atoms with Crippen LogP contribution in [0.15, 0.2) is 24.3 Å². The maximum Gasteiger partial charge on any atom is 0.309 e. The third-order valence-corrected chi connectivity index (χ3v) is 5.01. The molecule has 0 amide bonds. The van der Waals surface area contributed by atoms with Crippen molar-refractivity contribution >= 4 is 23.4 Å². The minimum absolute atomic E-state index is 0.0687. The van der Waals surface area contributed by atoms with E-state index in [4.69, 9.17) is 16.3 Å². The molecule has 1 saturated carbocycles. The van der Waals surface area contributed by atoms with E-state index in [9.17, 15) is 9.59 Å². The van der Waals surface area contributed by atoms with Crippen molar-refractivity contribution < 1.29 is 14.3 Å². The highest BCUT2D eigenvalue weighted by Crippen LogP contribution is 2.40. The van der Waals surface area contributed by atoms with Gasteiger partial charge >= 0.3 is 5.97 Å². The Morgan fingerprint density at radius 2 is 1.83 bits per heavy atom. The number of benzene rings is 1. The topological polar surface area (TPSA) is 43.4 Å². The lowest BCUT2D eigenvalue weighted by Crippen LogP contribution is -2.30. The number of carbonyl (C=O) groups excluding carboxylic acids is 2. The van der Waals surface area contributed by atoms with E-state index in [1.54, 1.807) is 24.3 Å². The van der Waals surface area contributed by atoms with Crippen LogP contribution in [0.5, 0.6) is 0 Å². The van der Waals surface area contributed by atoms with Crippen LogP contribution in [0.3, 0.4) is 0 Å². The van der Waals surface area contributed by atoms with Crippen molar-refractivity contribution in [2.75, 3.05) is 6.61 Å². The first-order valence-electron chi connectivity index (χ1n) is 8.23. The van der Waals surface area contributed by atoms with Crippen LogP contribution in [0.1, 0.15) is 56.8 Å². The molecule has 2 rings (SSSR count). The van der Waals surface area contributed by atoms with Gasteiger partial charge in [0.1, 0.15) is 0 Å². The van der Waals surface area contributed by atoms with Crippen molar-refractivity contribution in [2.24, 2.45) is 17.3 Å². The number of ether oxygens (including phenoxy) is 1. The molecule has 0 N–H and O–H groups in total. The van der Waals surface area contributed by atoms with Gasteiger partial charge < -0.3 is 4.74 Å². The SMILES string of the molecule is CC(C)(C)C1CCC(C(=O)OCC(=O)c2cccc(Cl)c2)CC1. The van der Waals surface area contributed by atoms with Crippen molar-refractivity contribution in [3.8, 4) is 0 Å². The summed E-state index contributed by atoms with van der Waals surface area (Å²) in [5.74, 6) is 0.123. The third-order valence-electron chi connectivity index (χ3n) is 4.78. The molecule has 1 aromatic rings. The summed E-state index contributed by atoms with van der Waals surface area (Å²) in [6.45, 7) is 6.54. The van der Waals surface area contributed by atoms with E-state index in [0.29, 0.717) is 16.5 Å². The van der Waals surface area contributed by atoms with Crippen LogP contribution in [0.4, 0.5) is 0 Å². The summed E-state index contributed by atoms with van der Waals surface area (Å²) < 4.78 is 5.23. The standard InChI is InChI=1S/C19H25ClO3/c1-19(2,3)15-9-7-13(8-10-15)18(22)23-12-17(21)14-5-4-6-16(20)11-14/h4-6,11,13,15H,7-10,12H2,1-3H3. The Labute approximate surface area is 143 Å². The van der Waals surface area contributed by atoms with E-state index in [1.807, 2.05) is 0 Å². The van der Waals surface area contributed by atoms with Crippen LogP contribution in [0, 0.1) is 17.3 Å². The van der Waals surface area contributed by atoms with Gasteiger partial charge in [0.05, 0.1) is 5.92 Å². The molecule has 23 heavy (non-hydrogen) atoms. The molecule has 0 bridgehead atoms. The molecule has 0 unspecified atom stereocenters. The lowest BCUT2D eigenvalue weighted by Gasteiger charge is -2.36. The Hall–Kier alpha value is -1.35. The molecule has 0 heterocycles. The summed E-state index contributed by atoms with van der Waals surface area (Å²) in [5.41, 5.74) is 0.763. The Bertz CT molecular complexity index is 566. The van der Waals surface area contributed by atoms with Crippen LogP contribution < -0.4 is 0 Å². The summed E-state index contributed by atoms with van der Waals surface area (Å²) in [7, 11) is 0. The average molecular weight is 337 g/mol. The molecule has 1 fully saturated rings. The molecule has 0 saturated heterocycles. The molecule has 1 aliphatic rings. The van der Waals surface area contributed by atoms with Gasteiger partial charge in [0, 0.05) is 10.6 Å². The summed E-state index contributed by atoms with van der Waals surface area (Å²) in [6, 6.07) is 6.69. The van der Waals surface area contributed by atoms with Crippen molar-refractivity contribution in [3.05, 3.63) is 34.9 Å². The summed E-state index contributed by atoms with van der Waals surface area (Å²) in [4.78, 5) is 24.2. The molecule has 0 aromatic heterocycles. The van der Waals surface area contributed by atoms with Gasteiger partial charge in [0.25, 0.3) is 0 Å². The molecule has 0 aliphatic heterocycles. The van der Waals surface area contributed by atoms with Gasteiger partial charge in [-0.05, 0) is 49.1 Å². The molecule has 1 aromatic carbocycles. The molecule has 3 nitrogen and oxygen atoms in total. The maximum absolute atomic E-state index is 12.2. The fraction of sp³-hybridized carbons (Fsp3) is 0.579. The number of hydrogen-bond acceptors (Lipinski definition) is 3. The third kappa shape index (κ3) is 5.07. The van der Waals surface area contributed by atoms with Crippen LogP contribution in [-0.4, -0.2) is 18.4 Å². The minimum atomic E-state index is -0.243. The Morgan fingerprint density at radius 1 is 1.17 bits per heavy atom. The lowest BCUT2D eigenvalue weighted by molar-refractivity contribution is -0.149. The first kappa shape index (κ1) is 18.0. The van der Waals surface area contributed by atoms with E-state index in [0.717, 1.165) is 25.7 Å². The number of ketones is 1. The molecule has 0 spiro atoms. The second-order valence-electron chi connectivity index (χ2n) is 7.46. The fourth-order valence-corrected chi connectivity index (χ4v) is 3.39. The average Bonchev–Trinajstić information content (AvgIpc) is 2.51. The second kappa shape index (κ2) is 7.48. The van der Waals surface area contributed by atoms with Crippen molar-refractivity contribution in [2.45, 2.75) is 46.5 Å². The van der Waals surface area contributed by atoms with Gasteiger partial charge in [-0.2, -0.15) is 0 Å². The molecule has 1 aliphatic carbocycles. The van der Waals surface area contributed by atoms with Gasteiger partial charge in [-0.1, -0.05) is 44.5 Å². The first-order chi connectivity index (χ1) is 10.8. The van der Waals surface area contributed by atoms with Crippen LogP contribution in [0.2, 0.25) is 5.02 Å². The van der Waals surface area contributed by atoms with Gasteiger partial charge in [0.2, 0.25) is 0 Å². The molecule has 0 atom stereocenters. The molecular formula is C19H25ClO3. The summed E-state index contributed by atoms with van der Waals surface area (Å²) >= 11 is 5.86. The maximum atomic E-state index is 12.2. The number of halogens is 1. The Balaban J connectivity index is 1.81. The van der Waals surface area contributed by atoms with Crippen LogP contribution in [-0.2, 0) is 9.53 Å². The van der Waals surface area contributed by atoms with Gasteiger partial charge in [-0.25, -0.2) is 0 Å². The number of hydrogen-bond donors (Lipinski definition) is 0. The highest BCUT2D eigenvalue weighted by molar-refractivity contribution is 6.31. The lowest BCUT2D eigenvalue weighted by atomic mass is 9.70.